The smallest absolute Gasteiger partial charge is 0.312 e. The molecule has 9 heterocycles. The number of nitrogens with two attached hydrogens (primary N) is 4. The molecule has 0 radical (unpaired) electrons. The zero-order valence-corrected chi connectivity index (χ0v) is 52.7. The SMILES string of the molecule is CC(=O)CCO.CC(=O)CCn1c(Cc2cc3c(cc2I)OCO3)nc2c(N)nc(F)nc21.CC(CCn1c(Cc2cc3c(cc2I)OCO3)nc2c(N)nc(F)nc21)OSOON.Nc1nc(F)nc2nc(Cc3cc4c(cc3I)OCO4)[nH]c12. The lowest BCUT2D eigenvalue weighted by molar-refractivity contribution is -0.202. The predicted octanol–water partition coefficient (Wildman–Crippen LogP) is 7.06. The minimum absolute atomic E-state index is 0.0166. The maximum absolute atomic E-state index is 13.9. The van der Waals surface area contributed by atoms with Crippen molar-refractivity contribution in [3.63, 3.8) is 0 Å². The first kappa shape index (κ1) is 63.5. The number of ketones is 2. The van der Waals surface area contributed by atoms with Gasteiger partial charge in [0.1, 0.15) is 34.6 Å². The first-order valence-corrected chi connectivity index (χ1v) is 29.4. The molecular formula is C51H50F3I3N16O12S. The molecule has 0 aliphatic carbocycles. The van der Waals surface area contributed by atoms with Crippen LogP contribution in [0.2, 0.25) is 0 Å². The summed E-state index contributed by atoms with van der Waals surface area (Å²) in [6.45, 7) is 6.16. The molecule has 3 aliphatic heterocycles. The van der Waals surface area contributed by atoms with Crippen LogP contribution in [-0.2, 0) is 55.4 Å². The topological polar surface area (TPSA) is 383 Å². The number of aryl methyl sites for hydroxylation is 2. The van der Waals surface area contributed by atoms with Gasteiger partial charge in [-0.25, -0.2) is 15.0 Å². The summed E-state index contributed by atoms with van der Waals surface area (Å²) in [5, 5.41) is 8.02. The van der Waals surface area contributed by atoms with E-state index in [1.165, 1.54) is 13.8 Å². The molecule has 0 saturated heterocycles. The fourth-order valence-corrected chi connectivity index (χ4v) is 10.7. The van der Waals surface area contributed by atoms with Gasteiger partial charge in [0.25, 0.3) is 0 Å². The Morgan fingerprint density at radius 2 is 1.06 bits per heavy atom. The van der Waals surface area contributed by atoms with Gasteiger partial charge in [-0.15, -0.1) is 9.32 Å². The van der Waals surface area contributed by atoms with Crippen LogP contribution in [0.4, 0.5) is 30.6 Å². The first-order chi connectivity index (χ1) is 41.2. The van der Waals surface area contributed by atoms with Gasteiger partial charge in [-0.3, -0.25) is 13.8 Å². The summed E-state index contributed by atoms with van der Waals surface area (Å²) in [7, 11) is 0. The number of hydrogen-bond donors (Lipinski definition) is 6. The number of rotatable bonds is 18. The summed E-state index contributed by atoms with van der Waals surface area (Å²) >= 11 is 7.29. The molecule has 28 nitrogen and oxygen atoms in total. The summed E-state index contributed by atoms with van der Waals surface area (Å²) in [5.41, 5.74) is 22.3. The fraction of sp³-hybridized carbons (Fsp3) is 0.314. The maximum atomic E-state index is 13.9. The van der Waals surface area contributed by atoms with Crippen molar-refractivity contribution in [1.82, 2.24) is 59.0 Å². The van der Waals surface area contributed by atoms with E-state index >= 15 is 0 Å². The summed E-state index contributed by atoms with van der Waals surface area (Å²) in [5.74, 6) is 10.9. The van der Waals surface area contributed by atoms with E-state index in [2.05, 4.69) is 127 Å². The standard InChI is InChI=1S/C17H18FIN6O5S.C17H15FIN5O3.C13H9FIN5O2.C4H8O2/c1-8(28-31-30-29-21)2-3-25-13(22-14-15(20)23-17(18)24-16(14)25)5-9-4-11-12(6-10(9)19)27-7-26-11;1-8(25)2-3-24-13(21-14-15(20)22-17(18)23-16(14)24)5-9-4-11-12(6-10(9)19)27-7-26-11;14-13-19-11(16)10-12(20-13)18-9(17-10)2-5-1-7-8(3-6(5)15)22-4-21-7;1-4(6)2-3-5/h4,6,8H,2-3,5,7,21H2,1H3,(H2,20,23,24);4,6H,2-3,5,7H2,1H3,(H2,20,22,23);1,3H,2,4H2,(H3,16,17,18,19,20);5H,2-3H2,1H3. The van der Waals surface area contributed by atoms with E-state index in [0.29, 0.717) is 126 Å². The number of halogens is 6. The lowest BCUT2D eigenvalue weighted by atomic mass is 10.1. The number of nitrogens with zero attached hydrogens (tertiary/aromatic N) is 11. The zero-order chi connectivity index (χ0) is 61.3. The number of aliphatic hydroxyl groups excluding tert-OH is 1. The van der Waals surface area contributed by atoms with E-state index in [4.69, 9.17) is 60.8 Å². The summed E-state index contributed by atoms with van der Waals surface area (Å²) in [4.78, 5) is 63.8. The lowest BCUT2D eigenvalue weighted by Gasteiger charge is -2.13. The van der Waals surface area contributed by atoms with Gasteiger partial charge in [-0.05, 0) is 148 Å². The van der Waals surface area contributed by atoms with Gasteiger partial charge in [0, 0.05) is 62.5 Å². The second-order valence-electron chi connectivity index (χ2n) is 18.7. The minimum atomic E-state index is -0.923. The number of aromatic amines is 1. The van der Waals surface area contributed by atoms with Crippen molar-refractivity contribution >= 4 is 143 Å². The minimum Gasteiger partial charge on any atom is -0.454 e. The van der Waals surface area contributed by atoms with Crippen LogP contribution in [-0.4, -0.2) is 109 Å². The predicted molar refractivity (Wildman–Crippen MR) is 326 cm³/mol. The second-order valence-corrected chi connectivity index (χ2v) is 22.6. The average molecular weight is 1550 g/mol. The van der Waals surface area contributed by atoms with Crippen molar-refractivity contribution in [3.05, 3.63) is 99.5 Å². The third-order valence-corrected chi connectivity index (χ3v) is 16.2. The fourth-order valence-electron chi connectivity index (χ4n) is 8.53. The van der Waals surface area contributed by atoms with Gasteiger partial charge in [0.2, 0.25) is 20.4 Å². The lowest BCUT2D eigenvalue weighted by Crippen LogP contribution is -2.13. The van der Waals surface area contributed by atoms with Gasteiger partial charge in [0.05, 0.1) is 6.10 Å². The Bertz CT molecular complexity index is 4000. The molecule has 1 unspecified atom stereocenters. The Morgan fingerprint density at radius 3 is 1.50 bits per heavy atom. The van der Waals surface area contributed by atoms with E-state index in [-0.39, 0.29) is 79.8 Å². The van der Waals surface area contributed by atoms with Gasteiger partial charge in [0.15, 0.2) is 92.2 Å². The third-order valence-electron chi connectivity index (χ3n) is 12.6. The monoisotopic (exact) mass is 1550 g/mol. The molecule has 9 aromatic rings. The van der Waals surface area contributed by atoms with Gasteiger partial charge in [-0.2, -0.15) is 49.0 Å². The quantitative estimate of drug-likeness (QED) is 0.0125. The van der Waals surface area contributed by atoms with E-state index in [1.807, 2.05) is 47.9 Å². The molecule has 86 heavy (non-hydrogen) atoms. The number of anilines is 3. The molecule has 0 bridgehead atoms. The highest BCUT2D eigenvalue weighted by atomic mass is 127. The Balaban J connectivity index is 0.000000148. The Kier molecular flexibility index (Phi) is 21.2. The van der Waals surface area contributed by atoms with Crippen LogP contribution in [0.25, 0.3) is 33.5 Å². The number of ether oxygens (including phenoxy) is 6. The number of carbonyl (C=O) groups excluding carboxylic acids is 2. The number of imidazole rings is 3. The van der Waals surface area contributed by atoms with Gasteiger partial charge >= 0.3 is 18.2 Å². The van der Waals surface area contributed by atoms with E-state index in [0.717, 1.165) is 33.2 Å². The highest BCUT2D eigenvalue weighted by molar-refractivity contribution is 14.1. The van der Waals surface area contributed by atoms with Crippen LogP contribution >= 0.6 is 80.1 Å². The number of aromatic nitrogens is 12. The molecule has 12 rings (SSSR count). The molecule has 1 atom stereocenters. The average Bonchev–Trinajstić information content (AvgIpc) is 2.31. The van der Waals surface area contributed by atoms with Crippen LogP contribution in [0.15, 0.2) is 36.4 Å². The highest BCUT2D eigenvalue weighted by Crippen LogP contribution is 2.39. The molecule has 454 valence electrons. The number of Topliss-reactive ketones (excluding diaryl/α,β-unsaturated/α-hetero) is 2. The molecular weight excluding hydrogens is 1500 g/mol. The van der Waals surface area contributed by atoms with Crippen LogP contribution in [0, 0.1) is 28.9 Å². The molecule has 35 heteroatoms. The van der Waals surface area contributed by atoms with Crippen molar-refractivity contribution in [2.75, 3.05) is 44.2 Å². The number of nitrogens with one attached hydrogen (secondary N) is 1. The number of aliphatic hydroxyl groups is 1. The van der Waals surface area contributed by atoms with Gasteiger partial charge < -0.3 is 64.8 Å². The number of hydrogen-bond acceptors (Lipinski definition) is 26. The normalized spacial score (nSPS) is 12.9. The summed E-state index contributed by atoms with van der Waals surface area (Å²) < 4.78 is 89.5. The van der Waals surface area contributed by atoms with Gasteiger partial charge in [-0.1, -0.05) is 0 Å². The molecule has 0 saturated carbocycles. The Morgan fingerprint density at radius 1 is 0.628 bits per heavy atom. The first-order valence-electron chi connectivity index (χ1n) is 25.5. The number of H-pyrrole nitrogens is 1. The summed E-state index contributed by atoms with van der Waals surface area (Å²) in [6.07, 6.45) is -0.458. The Labute approximate surface area is 530 Å². The molecule has 6 aromatic heterocycles. The summed E-state index contributed by atoms with van der Waals surface area (Å²) in [6, 6.07) is 11.4. The zero-order valence-electron chi connectivity index (χ0n) is 45.4. The third kappa shape index (κ3) is 15.6. The van der Waals surface area contributed by atoms with E-state index < -0.39 is 18.2 Å². The van der Waals surface area contributed by atoms with Crippen molar-refractivity contribution in [1.29, 1.82) is 0 Å². The van der Waals surface area contributed by atoms with E-state index in [1.54, 1.807) is 4.57 Å². The largest absolute Gasteiger partial charge is 0.454 e. The van der Waals surface area contributed by atoms with Crippen molar-refractivity contribution in [2.45, 2.75) is 78.5 Å². The van der Waals surface area contributed by atoms with Crippen molar-refractivity contribution < 1.29 is 69.8 Å². The molecule has 10 N–H and O–H groups in total. The van der Waals surface area contributed by atoms with E-state index in [9.17, 15) is 22.8 Å². The van der Waals surface area contributed by atoms with Crippen LogP contribution in [0.3, 0.4) is 0 Å². The maximum Gasteiger partial charge on any atom is 0.312 e. The van der Waals surface area contributed by atoms with Crippen molar-refractivity contribution in [2.24, 2.45) is 5.90 Å². The van der Waals surface area contributed by atoms with Crippen molar-refractivity contribution in [3.8, 4) is 34.5 Å². The molecule has 0 spiro atoms. The number of carbonyl (C=O) groups is 2. The van der Waals surface area contributed by atoms with Crippen LogP contribution in [0.5, 0.6) is 34.5 Å². The van der Waals surface area contributed by atoms with Crippen LogP contribution in [0.1, 0.15) is 74.2 Å². The number of benzene rings is 3. The molecule has 3 aromatic carbocycles. The second kappa shape index (κ2) is 28.7. The molecule has 0 amide bonds. The van der Waals surface area contributed by atoms with Crippen LogP contribution < -0.4 is 51.5 Å². The highest BCUT2D eigenvalue weighted by Gasteiger charge is 2.25. The Hall–Kier alpha value is -7.02. The molecule has 0 fully saturated rings. The number of fused-ring (bicyclic) bond motifs is 6. The molecule has 3 aliphatic rings. The number of nitrogen functional groups attached to an aromatic ring is 3.